The van der Waals surface area contributed by atoms with Crippen molar-refractivity contribution in [3.05, 3.63) is 46.2 Å². The van der Waals surface area contributed by atoms with Crippen molar-refractivity contribution in [2.75, 3.05) is 0 Å². The van der Waals surface area contributed by atoms with Crippen molar-refractivity contribution < 1.29 is 9.90 Å². The summed E-state index contributed by atoms with van der Waals surface area (Å²) in [4.78, 5) is 12.0. The van der Waals surface area contributed by atoms with E-state index in [4.69, 9.17) is 11.6 Å². The Kier molecular flexibility index (Phi) is 3.76. The maximum Gasteiger partial charge on any atom is 0.253 e. The van der Waals surface area contributed by atoms with Crippen molar-refractivity contribution in [1.29, 1.82) is 0 Å². The molecular weight excluding hydrogens is 266 g/mol. The highest BCUT2D eigenvalue weighted by molar-refractivity contribution is 6.33. The Labute approximate surface area is 115 Å². The summed E-state index contributed by atoms with van der Waals surface area (Å²) in [5.74, 6) is -0.323. The fraction of sp³-hybridized carbons (Fsp3) is 0.231. The second-order valence-electron chi connectivity index (χ2n) is 4.26. The van der Waals surface area contributed by atoms with E-state index >= 15 is 0 Å². The van der Waals surface area contributed by atoms with E-state index in [1.54, 1.807) is 4.68 Å². The second-order valence-corrected chi connectivity index (χ2v) is 4.67. The van der Waals surface area contributed by atoms with Gasteiger partial charge in [-0.2, -0.15) is 5.10 Å². The van der Waals surface area contributed by atoms with Gasteiger partial charge in [0.2, 0.25) is 0 Å². The van der Waals surface area contributed by atoms with Gasteiger partial charge in [-0.15, -0.1) is 0 Å². The summed E-state index contributed by atoms with van der Waals surface area (Å²) >= 11 is 5.92. The minimum Gasteiger partial charge on any atom is -0.508 e. The molecule has 2 rings (SSSR count). The fourth-order valence-corrected chi connectivity index (χ4v) is 1.98. The van der Waals surface area contributed by atoms with Gasteiger partial charge in [0.15, 0.2) is 0 Å². The molecule has 0 aliphatic heterocycles. The number of aromatic nitrogens is 2. The summed E-state index contributed by atoms with van der Waals surface area (Å²) in [6.45, 7) is 2.24. The van der Waals surface area contributed by atoms with Crippen LogP contribution in [-0.2, 0) is 13.6 Å². The first-order valence-corrected chi connectivity index (χ1v) is 6.11. The predicted octanol–water partition coefficient (Wildman–Crippen LogP) is 2.02. The number of halogens is 1. The molecule has 0 aliphatic carbocycles. The van der Waals surface area contributed by atoms with Crippen molar-refractivity contribution in [3.63, 3.8) is 0 Å². The predicted molar refractivity (Wildman–Crippen MR) is 72.2 cm³/mol. The first-order chi connectivity index (χ1) is 8.97. The van der Waals surface area contributed by atoms with Gasteiger partial charge in [0.05, 0.1) is 16.3 Å². The smallest absolute Gasteiger partial charge is 0.253 e. The summed E-state index contributed by atoms with van der Waals surface area (Å²) in [6, 6.07) is 4.26. The minimum atomic E-state index is -0.329. The van der Waals surface area contributed by atoms with Crippen LogP contribution in [0.25, 0.3) is 0 Å². The molecule has 2 aromatic rings. The highest BCUT2D eigenvalue weighted by Gasteiger charge is 2.12. The molecule has 0 bridgehead atoms. The van der Waals surface area contributed by atoms with Crippen molar-refractivity contribution in [2.45, 2.75) is 13.5 Å². The minimum absolute atomic E-state index is 0.00658. The highest BCUT2D eigenvalue weighted by Crippen LogP contribution is 2.21. The van der Waals surface area contributed by atoms with Gasteiger partial charge in [0.1, 0.15) is 5.75 Å². The molecule has 0 radical (unpaired) electrons. The molecule has 1 aromatic heterocycles. The lowest BCUT2D eigenvalue weighted by Crippen LogP contribution is -2.23. The molecule has 0 aliphatic rings. The van der Waals surface area contributed by atoms with Crippen molar-refractivity contribution in [3.8, 4) is 5.75 Å². The number of benzene rings is 1. The number of carbonyl (C=O) groups is 1. The molecule has 0 fully saturated rings. The van der Waals surface area contributed by atoms with E-state index in [1.807, 2.05) is 20.2 Å². The third-order valence-electron chi connectivity index (χ3n) is 2.75. The SMILES string of the molecule is Cc1nn(C)cc1CNC(=O)c1cc(O)ccc1Cl. The fourth-order valence-electron chi connectivity index (χ4n) is 1.78. The molecule has 19 heavy (non-hydrogen) atoms. The van der Waals surface area contributed by atoms with Gasteiger partial charge in [0, 0.05) is 25.4 Å². The van der Waals surface area contributed by atoms with E-state index in [0.717, 1.165) is 11.3 Å². The number of nitrogens with one attached hydrogen (secondary N) is 1. The standard InChI is InChI=1S/C13H14ClN3O2/c1-8-9(7-17(2)16-8)6-15-13(19)11-5-10(18)3-4-12(11)14/h3-5,7,18H,6H2,1-2H3,(H,15,19). The monoisotopic (exact) mass is 279 g/mol. The Morgan fingerprint density at radius 1 is 1.53 bits per heavy atom. The number of phenols is 1. The third-order valence-corrected chi connectivity index (χ3v) is 3.08. The number of nitrogens with zero attached hydrogens (tertiary/aromatic N) is 2. The van der Waals surface area contributed by atoms with E-state index in [2.05, 4.69) is 10.4 Å². The number of rotatable bonds is 3. The van der Waals surface area contributed by atoms with Gasteiger partial charge in [-0.05, 0) is 25.1 Å². The van der Waals surface area contributed by atoms with Crippen LogP contribution in [0.2, 0.25) is 5.02 Å². The van der Waals surface area contributed by atoms with E-state index < -0.39 is 0 Å². The Balaban J connectivity index is 2.09. The average Bonchev–Trinajstić information content (AvgIpc) is 2.68. The Morgan fingerprint density at radius 2 is 2.26 bits per heavy atom. The molecule has 0 atom stereocenters. The van der Waals surface area contributed by atoms with E-state index in [0.29, 0.717) is 11.6 Å². The maximum absolute atomic E-state index is 12.0. The zero-order valence-electron chi connectivity index (χ0n) is 10.6. The first-order valence-electron chi connectivity index (χ1n) is 5.73. The van der Waals surface area contributed by atoms with Crippen molar-refractivity contribution >= 4 is 17.5 Å². The van der Waals surface area contributed by atoms with Gasteiger partial charge in [0.25, 0.3) is 5.91 Å². The highest BCUT2D eigenvalue weighted by atomic mass is 35.5. The van der Waals surface area contributed by atoms with Crippen LogP contribution in [0.1, 0.15) is 21.6 Å². The quantitative estimate of drug-likeness (QED) is 0.903. The third kappa shape index (κ3) is 3.06. The maximum atomic E-state index is 12.0. The van der Waals surface area contributed by atoms with Crippen LogP contribution in [0.3, 0.4) is 0 Å². The molecule has 0 spiro atoms. The average molecular weight is 280 g/mol. The summed E-state index contributed by atoms with van der Waals surface area (Å²) in [7, 11) is 1.82. The molecule has 6 heteroatoms. The molecule has 0 saturated carbocycles. The van der Waals surface area contributed by atoms with Crippen molar-refractivity contribution in [1.82, 2.24) is 15.1 Å². The van der Waals surface area contributed by atoms with Crippen LogP contribution in [0, 0.1) is 6.92 Å². The molecule has 1 aromatic carbocycles. The number of carbonyl (C=O) groups excluding carboxylic acids is 1. The molecular formula is C13H14ClN3O2. The lowest BCUT2D eigenvalue weighted by atomic mass is 10.2. The molecule has 1 heterocycles. The van der Waals surface area contributed by atoms with Crippen LogP contribution < -0.4 is 5.32 Å². The molecule has 5 nitrogen and oxygen atoms in total. The lowest BCUT2D eigenvalue weighted by molar-refractivity contribution is 0.0950. The van der Waals surface area contributed by atoms with E-state index in [9.17, 15) is 9.90 Å². The van der Waals surface area contributed by atoms with Crippen LogP contribution >= 0.6 is 11.6 Å². The topological polar surface area (TPSA) is 67.2 Å². The van der Waals surface area contributed by atoms with Crippen molar-refractivity contribution in [2.24, 2.45) is 7.05 Å². The number of phenolic OH excluding ortho intramolecular Hbond substituents is 1. The Hall–Kier alpha value is -2.01. The van der Waals surface area contributed by atoms with Gasteiger partial charge >= 0.3 is 0 Å². The normalized spacial score (nSPS) is 10.5. The number of hydrogen-bond donors (Lipinski definition) is 2. The largest absolute Gasteiger partial charge is 0.508 e. The van der Waals surface area contributed by atoms with Crippen LogP contribution in [0.4, 0.5) is 0 Å². The van der Waals surface area contributed by atoms with Gasteiger partial charge in [-0.25, -0.2) is 0 Å². The number of aryl methyl sites for hydroxylation is 2. The summed E-state index contributed by atoms with van der Waals surface area (Å²) in [5.41, 5.74) is 2.06. The summed E-state index contributed by atoms with van der Waals surface area (Å²) < 4.78 is 1.69. The molecule has 0 saturated heterocycles. The Bertz CT molecular complexity index is 622. The molecule has 2 N–H and O–H groups in total. The molecule has 0 unspecified atom stereocenters. The van der Waals surface area contributed by atoms with Crippen LogP contribution in [0.15, 0.2) is 24.4 Å². The molecule has 1 amide bonds. The summed E-state index contributed by atoms with van der Waals surface area (Å²) in [5, 5.41) is 16.6. The van der Waals surface area contributed by atoms with Gasteiger partial charge in [-0.1, -0.05) is 11.6 Å². The number of hydrogen-bond acceptors (Lipinski definition) is 3. The van der Waals surface area contributed by atoms with E-state index in [1.165, 1.54) is 18.2 Å². The van der Waals surface area contributed by atoms with Crippen LogP contribution in [0.5, 0.6) is 5.75 Å². The van der Waals surface area contributed by atoms with E-state index in [-0.39, 0.29) is 17.2 Å². The summed E-state index contributed by atoms with van der Waals surface area (Å²) in [6.07, 6.45) is 1.85. The van der Waals surface area contributed by atoms with Gasteiger partial charge < -0.3 is 10.4 Å². The first kappa shape index (κ1) is 13.4. The second kappa shape index (κ2) is 5.32. The zero-order valence-corrected chi connectivity index (χ0v) is 11.4. The van der Waals surface area contributed by atoms with Crippen LogP contribution in [-0.4, -0.2) is 20.8 Å². The number of amides is 1. The number of aromatic hydroxyl groups is 1. The van der Waals surface area contributed by atoms with Gasteiger partial charge in [-0.3, -0.25) is 9.48 Å². The Morgan fingerprint density at radius 3 is 2.89 bits per heavy atom. The molecule has 100 valence electrons. The lowest BCUT2D eigenvalue weighted by Gasteiger charge is -2.06. The zero-order chi connectivity index (χ0) is 14.0.